The number of carbonyl (C=O) groups excluding carboxylic acids is 1. The molecule has 3 rings (SSSR count). The Bertz CT molecular complexity index is 832. The number of aromatic nitrogens is 2. The van der Waals surface area contributed by atoms with Gasteiger partial charge in [-0.15, -0.1) is 11.3 Å². The number of thiophene rings is 1. The van der Waals surface area contributed by atoms with Gasteiger partial charge >= 0.3 is 0 Å². The van der Waals surface area contributed by atoms with E-state index >= 15 is 0 Å². The van der Waals surface area contributed by atoms with Crippen LogP contribution in [0.25, 0.3) is 0 Å². The smallest absolute Gasteiger partial charge is 0.239 e. The second-order valence-electron chi connectivity index (χ2n) is 6.47. The summed E-state index contributed by atoms with van der Waals surface area (Å²) in [6.07, 6.45) is 4.47. The lowest BCUT2D eigenvalue weighted by molar-refractivity contribution is -0.117. The van der Waals surface area contributed by atoms with Crippen LogP contribution in [0.2, 0.25) is 0 Å². The average molecular weight is 398 g/mol. The second kappa shape index (κ2) is 8.30. The van der Waals surface area contributed by atoms with Gasteiger partial charge in [0.15, 0.2) is 0 Å². The van der Waals surface area contributed by atoms with Gasteiger partial charge in [-0.1, -0.05) is 6.07 Å². The van der Waals surface area contributed by atoms with E-state index in [1.807, 2.05) is 22.4 Å². The minimum atomic E-state index is -3.24. The number of sulfonamides is 1. The molecule has 0 radical (unpaired) electrons. The molecular weight excluding hydrogens is 374 g/mol. The Labute approximate surface area is 157 Å². The number of amides is 1. The first kappa shape index (κ1) is 19.0. The monoisotopic (exact) mass is 397 g/mol. The molecule has 2 aromatic rings. The Kier molecular flexibility index (Phi) is 6.07. The first-order valence-corrected chi connectivity index (χ1v) is 11.2. The molecule has 1 aliphatic rings. The van der Waals surface area contributed by atoms with Gasteiger partial charge in [0.2, 0.25) is 15.9 Å². The molecule has 0 spiro atoms. The summed E-state index contributed by atoms with van der Waals surface area (Å²) in [5, 5.41) is 9.17. The molecule has 142 valence electrons. The fraction of sp³-hybridized carbons (Fsp3) is 0.500. The molecule has 0 aromatic carbocycles. The first-order valence-electron chi connectivity index (χ1n) is 8.43. The third kappa shape index (κ3) is 5.63. The van der Waals surface area contributed by atoms with Crippen molar-refractivity contribution in [1.29, 1.82) is 0 Å². The van der Waals surface area contributed by atoms with Crippen molar-refractivity contribution in [3.05, 3.63) is 34.7 Å². The van der Waals surface area contributed by atoms with Crippen molar-refractivity contribution in [1.82, 2.24) is 19.4 Å². The predicted octanol–water partition coefficient (Wildman–Crippen LogP) is 0.945. The van der Waals surface area contributed by atoms with Crippen LogP contribution in [-0.2, 0) is 21.4 Å². The van der Waals surface area contributed by atoms with Gasteiger partial charge in [0.25, 0.3) is 0 Å². The van der Waals surface area contributed by atoms with E-state index in [0.717, 1.165) is 30.5 Å². The Hall–Kier alpha value is -1.75. The maximum Gasteiger partial charge on any atom is 0.239 e. The first-order chi connectivity index (χ1) is 12.4. The van der Waals surface area contributed by atoms with Crippen LogP contribution in [0.5, 0.6) is 0 Å². The minimum Gasteiger partial charge on any atom is -0.310 e. The number of nitrogens with zero attached hydrogens (tertiary/aromatic N) is 3. The van der Waals surface area contributed by atoms with Crippen LogP contribution in [0.15, 0.2) is 29.8 Å². The topological polar surface area (TPSA) is 96.3 Å². The molecule has 0 saturated carbocycles. The molecule has 0 aliphatic carbocycles. The van der Waals surface area contributed by atoms with Crippen LogP contribution >= 0.6 is 11.3 Å². The number of piperidine rings is 1. The molecule has 3 heterocycles. The van der Waals surface area contributed by atoms with Gasteiger partial charge < -0.3 is 5.32 Å². The van der Waals surface area contributed by atoms with Crippen LogP contribution in [-0.4, -0.2) is 60.9 Å². The number of nitrogens with one attached hydrogen (secondary N) is 2. The predicted molar refractivity (Wildman–Crippen MR) is 102 cm³/mol. The molecule has 10 heteroatoms. The average Bonchev–Trinajstić information content (AvgIpc) is 3.19. The van der Waals surface area contributed by atoms with Gasteiger partial charge in [0, 0.05) is 23.5 Å². The fourth-order valence-corrected chi connectivity index (χ4v) is 4.58. The molecule has 26 heavy (non-hydrogen) atoms. The minimum absolute atomic E-state index is 0.127. The molecule has 1 atom stereocenters. The third-order valence-corrected chi connectivity index (χ3v) is 5.75. The van der Waals surface area contributed by atoms with E-state index in [4.69, 9.17) is 0 Å². The summed E-state index contributed by atoms with van der Waals surface area (Å²) in [7, 11) is -3.24. The maximum absolute atomic E-state index is 12.4. The van der Waals surface area contributed by atoms with Gasteiger partial charge in [0.1, 0.15) is 5.82 Å². The molecule has 1 unspecified atom stereocenters. The van der Waals surface area contributed by atoms with E-state index in [0.29, 0.717) is 18.9 Å². The maximum atomic E-state index is 12.4. The number of hydrogen-bond acceptors (Lipinski definition) is 6. The SMILES string of the molecule is CS(=O)(=O)NC1CCCN(CC(=O)Nc2ccnn2Cc2cccs2)C1. The van der Waals surface area contributed by atoms with Crippen molar-refractivity contribution < 1.29 is 13.2 Å². The summed E-state index contributed by atoms with van der Waals surface area (Å²) in [4.78, 5) is 15.5. The highest BCUT2D eigenvalue weighted by Gasteiger charge is 2.24. The number of rotatable bonds is 7. The zero-order valence-electron chi connectivity index (χ0n) is 14.6. The number of anilines is 1. The normalized spacial score (nSPS) is 18.7. The van der Waals surface area contributed by atoms with Crippen molar-refractivity contribution in [2.24, 2.45) is 0 Å². The van der Waals surface area contributed by atoms with Crippen molar-refractivity contribution in [3.8, 4) is 0 Å². The Morgan fingerprint density at radius 3 is 3.00 bits per heavy atom. The van der Waals surface area contributed by atoms with E-state index < -0.39 is 10.0 Å². The lowest BCUT2D eigenvalue weighted by Crippen LogP contribution is -2.49. The second-order valence-corrected chi connectivity index (χ2v) is 9.28. The van der Waals surface area contributed by atoms with Crippen molar-refractivity contribution >= 4 is 33.1 Å². The molecule has 2 aromatic heterocycles. The highest BCUT2D eigenvalue weighted by molar-refractivity contribution is 7.88. The largest absolute Gasteiger partial charge is 0.310 e. The summed E-state index contributed by atoms with van der Waals surface area (Å²) in [6.45, 7) is 2.16. The van der Waals surface area contributed by atoms with E-state index in [1.165, 1.54) is 0 Å². The van der Waals surface area contributed by atoms with Crippen molar-refractivity contribution in [2.45, 2.75) is 25.4 Å². The quantitative estimate of drug-likeness (QED) is 0.725. The van der Waals surface area contributed by atoms with Gasteiger partial charge in [0.05, 0.1) is 25.5 Å². The standard InChI is InChI=1S/C16H23N5O3S2/c1-26(23,24)19-13-4-2-8-20(10-13)12-16(22)18-15-6-7-17-21(15)11-14-5-3-9-25-14/h3,5-7,9,13,19H,2,4,8,10-12H2,1H3,(H,18,22). The highest BCUT2D eigenvalue weighted by Crippen LogP contribution is 2.15. The van der Waals surface area contributed by atoms with Crippen LogP contribution in [0, 0.1) is 0 Å². The summed E-state index contributed by atoms with van der Waals surface area (Å²) in [6, 6.07) is 5.64. The highest BCUT2D eigenvalue weighted by atomic mass is 32.2. The molecule has 0 bridgehead atoms. The van der Waals surface area contributed by atoms with Crippen LogP contribution in [0.3, 0.4) is 0 Å². The summed E-state index contributed by atoms with van der Waals surface area (Å²) < 4.78 is 27.2. The third-order valence-electron chi connectivity index (χ3n) is 4.12. The molecule has 1 aliphatic heterocycles. The molecule has 1 amide bonds. The Morgan fingerprint density at radius 2 is 2.27 bits per heavy atom. The number of carbonyl (C=O) groups is 1. The molecule has 1 fully saturated rings. The van der Waals surface area contributed by atoms with Crippen LogP contribution < -0.4 is 10.0 Å². The molecule has 1 saturated heterocycles. The fourth-order valence-electron chi connectivity index (χ4n) is 3.10. The zero-order chi connectivity index (χ0) is 18.6. The number of likely N-dealkylation sites (tertiary alicyclic amines) is 1. The summed E-state index contributed by atoms with van der Waals surface area (Å²) >= 11 is 1.64. The van der Waals surface area contributed by atoms with E-state index in [-0.39, 0.29) is 18.5 Å². The lowest BCUT2D eigenvalue weighted by atomic mass is 10.1. The number of hydrogen-bond donors (Lipinski definition) is 2. The molecule has 8 nitrogen and oxygen atoms in total. The van der Waals surface area contributed by atoms with Crippen LogP contribution in [0.4, 0.5) is 5.82 Å². The Morgan fingerprint density at radius 1 is 1.42 bits per heavy atom. The summed E-state index contributed by atoms with van der Waals surface area (Å²) in [5.74, 6) is 0.532. The summed E-state index contributed by atoms with van der Waals surface area (Å²) in [5.41, 5.74) is 0. The van der Waals surface area contributed by atoms with E-state index in [9.17, 15) is 13.2 Å². The van der Waals surface area contributed by atoms with Crippen molar-refractivity contribution in [3.63, 3.8) is 0 Å². The van der Waals surface area contributed by atoms with E-state index in [1.54, 1.807) is 28.3 Å². The lowest BCUT2D eigenvalue weighted by Gasteiger charge is -2.32. The van der Waals surface area contributed by atoms with Crippen molar-refractivity contribution in [2.75, 3.05) is 31.2 Å². The van der Waals surface area contributed by atoms with Gasteiger partial charge in [-0.2, -0.15) is 5.10 Å². The van der Waals surface area contributed by atoms with E-state index in [2.05, 4.69) is 15.1 Å². The van der Waals surface area contributed by atoms with Gasteiger partial charge in [-0.25, -0.2) is 17.8 Å². The Balaban J connectivity index is 1.53. The van der Waals surface area contributed by atoms with Crippen LogP contribution in [0.1, 0.15) is 17.7 Å². The molecule has 2 N–H and O–H groups in total. The zero-order valence-corrected chi connectivity index (χ0v) is 16.2. The van der Waals surface area contributed by atoms with Gasteiger partial charge in [-0.05, 0) is 30.8 Å². The molecular formula is C16H23N5O3S2. The van der Waals surface area contributed by atoms with Gasteiger partial charge in [-0.3, -0.25) is 9.69 Å².